The Kier molecular flexibility index (Phi) is 6.01. The lowest BCUT2D eigenvalue weighted by Crippen LogP contribution is -2.12. The summed E-state index contributed by atoms with van der Waals surface area (Å²) in [7, 11) is 0. The lowest BCUT2D eigenvalue weighted by atomic mass is 9.83. The summed E-state index contributed by atoms with van der Waals surface area (Å²) in [5, 5.41) is 20.0. The number of carboxylic acid groups (broad SMARTS) is 2. The predicted octanol–water partition coefficient (Wildman–Crippen LogP) is 7.01. The SMILES string of the molecule is CC(C)(C)c1ccc(-c2ccc(C(=O)O)c(-c3ccc(C(C)(C)C)cc3)c2C(=O)O)cc1. The van der Waals surface area contributed by atoms with Gasteiger partial charge in [0.15, 0.2) is 0 Å². The third-order valence-corrected chi connectivity index (χ3v) is 5.75. The molecular formula is C28H30O4. The van der Waals surface area contributed by atoms with Gasteiger partial charge in [-0.2, -0.15) is 0 Å². The molecule has 0 fully saturated rings. The van der Waals surface area contributed by atoms with Crippen molar-refractivity contribution in [1.82, 2.24) is 0 Å². The van der Waals surface area contributed by atoms with Crippen molar-refractivity contribution in [1.29, 1.82) is 0 Å². The van der Waals surface area contributed by atoms with Gasteiger partial charge in [0.2, 0.25) is 0 Å². The number of carbonyl (C=O) groups is 2. The average molecular weight is 431 g/mol. The molecule has 0 aliphatic heterocycles. The summed E-state index contributed by atoms with van der Waals surface area (Å²) in [5.74, 6) is -2.31. The Bertz CT molecular complexity index is 1160. The quantitative estimate of drug-likeness (QED) is 0.467. The monoisotopic (exact) mass is 430 g/mol. The number of hydrogen-bond acceptors (Lipinski definition) is 2. The van der Waals surface area contributed by atoms with E-state index in [4.69, 9.17) is 0 Å². The van der Waals surface area contributed by atoms with Gasteiger partial charge < -0.3 is 10.2 Å². The van der Waals surface area contributed by atoms with Crippen molar-refractivity contribution in [3.05, 3.63) is 82.9 Å². The van der Waals surface area contributed by atoms with Crippen LogP contribution in [0.4, 0.5) is 0 Å². The zero-order valence-corrected chi connectivity index (χ0v) is 19.5. The van der Waals surface area contributed by atoms with Crippen LogP contribution in [0.2, 0.25) is 0 Å². The van der Waals surface area contributed by atoms with E-state index >= 15 is 0 Å². The largest absolute Gasteiger partial charge is 0.478 e. The molecule has 0 spiro atoms. The first kappa shape index (κ1) is 23.3. The van der Waals surface area contributed by atoms with E-state index in [2.05, 4.69) is 41.5 Å². The van der Waals surface area contributed by atoms with Gasteiger partial charge in [0, 0.05) is 5.56 Å². The summed E-state index contributed by atoms with van der Waals surface area (Å²) in [5.41, 5.74) is 4.13. The minimum atomic E-state index is -1.16. The number of hydrogen-bond donors (Lipinski definition) is 2. The van der Waals surface area contributed by atoms with Crippen LogP contribution in [0.15, 0.2) is 60.7 Å². The molecule has 0 saturated heterocycles. The normalized spacial score (nSPS) is 11.9. The Morgan fingerprint density at radius 1 is 0.594 bits per heavy atom. The van der Waals surface area contributed by atoms with Gasteiger partial charge in [-0.15, -0.1) is 0 Å². The molecule has 0 bridgehead atoms. The van der Waals surface area contributed by atoms with Crippen molar-refractivity contribution in [2.75, 3.05) is 0 Å². The van der Waals surface area contributed by atoms with Crippen molar-refractivity contribution in [2.45, 2.75) is 52.4 Å². The van der Waals surface area contributed by atoms with Crippen molar-refractivity contribution in [3.8, 4) is 22.3 Å². The standard InChI is InChI=1S/C28H30O4/c1-27(2,3)19-11-7-17(8-12-19)21-15-16-22(25(29)30)23(24(21)26(31)32)18-9-13-20(14-10-18)28(4,5)6/h7-16H,1-6H3,(H,29,30)(H,31,32). The molecule has 0 aromatic heterocycles. The molecule has 0 heterocycles. The van der Waals surface area contributed by atoms with Gasteiger partial charge in [-0.1, -0.05) is 96.1 Å². The maximum absolute atomic E-state index is 12.4. The van der Waals surface area contributed by atoms with E-state index in [9.17, 15) is 19.8 Å². The number of benzene rings is 3. The van der Waals surface area contributed by atoms with Crippen LogP contribution in [0, 0.1) is 0 Å². The lowest BCUT2D eigenvalue weighted by Gasteiger charge is -2.21. The maximum atomic E-state index is 12.4. The zero-order chi connectivity index (χ0) is 23.8. The molecule has 0 aliphatic rings. The first-order chi connectivity index (χ1) is 14.8. The molecule has 0 saturated carbocycles. The average Bonchev–Trinajstić information content (AvgIpc) is 2.71. The highest BCUT2D eigenvalue weighted by Crippen LogP contribution is 2.37. The van der Waals surface area contributed by atoms with Gasteiger partial charge in [-0.25, -0.2) is 9.59 Å². The van der Waals surface area contributed by atoms with E-state index in [1.807, 2.05) is 36.4 Å². The molecule has 3 aromatic rings. The Labute approximate surface area is 189 Å². The molecule has 0 amide bonds. The van der Waals surface area contributed by atoms with Crippen molar-refractivity contribution < 1.29 is 19.8 Å². The van der Waals surface area contributed by atoms with Crippen LogP contribution in [0.3, 0.4) is 0 Å². The molecule has 0 radical (unpaired) electrons. The number of carboxylic acids is 2. The van der Waals surface area contributed by atoms with E-state index in [0.717, 1.165) is 16.7 Å². The second-order valence-corrected chi connectivity index (χ2v) is 10.2. The lowest BCUT2D eigenvalue weighted by molar-refractivity contribution is 0.0696. The molecule has 0 atom stereocenters. The molecule has 32 heavy (non-hydrogen) atoms. The van der Waals surface area contributed by atoms with Crippen molar-refractivity contribution in [2.24, 2.45) is 0 Å². The molecule has 2 N–H and O–H groups in total. The third kappa shape index (κ3) is 4.59. The van der Waals surface area contributed by atoms with E-state index in [-0.39, 0.29) is 27.5 Å². The van der Waals surface area contributed by atoms with Crippen LogP contribution in [0.5, 0.6) is 0 Å². The summed E-state index contributed by atoms with van der Waals surface area (Å²) in [6.45, 7) is 12.6. The van der Waals surface area contributed by atoms with Crippen molar-refractivity contribution >= 4 is 11.9 Å². The second-order valence-electron chi connectivity index (χ2n) is 10.2. The number of aromatic carboxylic acids is 2. The first-order valence-corrected chi connectivity index (χ1v) is 10.7. The van der Waals surface area contributed by atoms with Crippen LogP contribution in [0.1, 0.15) is 73.4 Å². The van der Waals surface area contributed by atoms with Crippen LogP contribution >= 0.6 is 0 Å². The highest BCUT2D eigenvalue weighted by molar-refractivity contribution is 6.09. The summed E-state index contributed by atoms with van der Waals surface area (Å²) in [4.78, 5) is 24.4. The van der Waals surface area contributed by atoms with Crippen LogP contribution in [-0.4, -0.2) is 22.2 Å². The molecule has 4 heteroatoms. The molecule has 166 valence electrons. The van der Waals surface area contributed by atoms with E-state index in [1.165, 1.54) is 6.07 Å². The van der Waals surface area contributed by atoms with Crippen molar-refractivity contribution in [3.63, 3.8) is 0 Å². The molecule has 0 unspecified atom stereocenters. The fourth-order valence-corrected chi connectivity index (χ4v) is 3.83. The van der Waals surface area contributed by atoms with Gasteiger partial charge in [0.25, 0.3) is 0 Å². The van der Waals surface area contributed by atoms with Crippen LogP contribution < -0.4 is 0 Å². The highest BCUT2D eigenvalue weighted by atomic mass is 16.4. The van der Waals surface area contributed by atoms with E-state index < -0.39 is 11.9 Å². The van der Waals surface area contributed by atoms with E-state index in [1.54, 1.807) is 18.2 Å². The molecule has 0 aliphatic carbocycles. The van der Waals surface area contributed by atoms with Gasteiger partial charge >= 0.3 is 11.9 Å². The summed E-state index contributed by atoms with van der Waals surface area (Å²) >= 11 is 0. The minimum absolute atomic E-state index is 0.00285. The van der Waals surface area contributed by atoms with Gasteiger partial charge in [-0.05, 0) is 44.7 Å². The van der Waals surface area contributed by atoms with Gasteiger partial charge in [0.1, 0.15) is 0 Å². The predicted molar refractivity (Wildman–Crippen MR) is 129 cm³/mol. The summed E-state index contributed by atoms with van der Waals surface area (Å²) in [6.07, 6.45) is 0. The fraction of sp³-hybridized carbons (Fsp3) is 0.286. The Balaban J connectivity index is 2.26. The topological polar surface area (TPSA) is 74.6 Å². The van der Waals surface area contributed by atoms with Crippen LogP contribution in [-0.2, 0) is 10.8 Å². The van der Waals surface area contributed by atoms with Gasteiger partial charge in [-0.3, -0.25) is 0 Å². The third-order valence-electron chi connectivity index (χ3n) is 5.75. The first-order valence-electron chi connectivity index (χ1n) is 10.7. The Hall–Kier alpha value is -3.40. The smallest absolute Gasteiger partial charge is 0.336 e. The number of rotatable bonds is 4. The maximum Gasteiger partial charge on any atom is 0.336 e. The highest BCUT2D eigenvalue weighted by Gasteiger charge is 2.25. The second kappa shape index (κ2) is 8.27. The minimum Gasteiger partial charge on any atom is -0.478 e. The fourth-order valence-electron chi connectivity index (χ4n) is 3.83. The molecule has 3 rings (SSSR count). The molecular weight excluding hydrogens is 400 g/mol. The summed E-state index contributed by atoms with van der Waals surface area (Å²) < 4.78 is 0. The molecule has 4 nitrogen and oxygen atoms in total. The zero-order valence-electron chi connectivity index (χ0n) is 19.5. The van der Waals surface area contributed by atoms with Crippen LogP contribution in [0.25, 0.3) is 22.3 Å². The summed E-state index contributed by atoms with van der Waals surface area (Å²) in [6, 6.07) is 18.3. The van der Waals surface area contributed by atoms with E-state index in [0.29, 0.717) is 11.1 Å². The molecule has 3 aromatic carbocycles. The van der Waals surface area contributed by atoms with Gasteiger partial charge in [0.05, 0.1) is 11.1 Å². The Morgan fingerprint density at radius 3 is 1.41 bits per heavy atom. The Morgan fingerprint density at radius 2 is 1.03 bits per heavy atom.